The summed E-state index contributed by atoms with van der Waals surface area (Å²) >= 11 is 0. The van der Waals surface area contributed by atoms with Crippen LogP contribution in [0.4, 0.5) is 5.69 Å². The molecule has 0 bridgehead atoms. The molecule has 0 saturated carbocycles. The van der Waals surface area contributed by atoms with E-state index in [1.54, 1.807) is 18.2 Å². The van der Waals surface area contributed by atoms with Crippen molar-refractivity contribution < 1.29 is 4.63 Å². The zero-order valence-electron chi connectivity index (χ0n) is 5.88. The van der Waals surface area contributed by atoms with Crippen LogP contribution in [0.25, 0.3) is 21.5 Å². The molecule has 0 amide bonds. The predicted octanol–water partition coefficient (Wildman–Crippen LogP) is 2.16. The van der Waals surface area contributed by atoms with Gasteiger partial charge in [0, 0.05) is 10.6 Å². The summed E-state index contributed by atoms with van der Waals surface area (Å²) in [5.74, 6) is 0. The highest BCUT2D eigenvalue weighted by molar-refractivity contribution is 5.76. The van der Waals surface area contributed by atoms with Crippen LogP contribution in [-0.2, 0) is 0 Å². The molecule has 0 aliphatic carbocycles. The lowest BCUT2D eigenvalue weighted by Gasteiger charge is -1.86. The van der Waals surface area contributed by atoms with E-state index in [0.29, 0.717) is 16.7 Å². The summed E-state index contributed by atoms with van der Waals surface area (Å²) in [5.41, 5.74) is 9.87. The van der Waals surface area contributed by atoms with Crippen molar-refractivity contribution >= 4 is 16.7 Å². The number of azide groups is 1. The molecule has 0 atom stereocenters. The molecule has 0 radical (unpaired) electrons. The third-order valence-electron chi connectivity index (χ3n) is 1.40. The van der Waals surface area contributed by atoms with Crippen LogP contribution in [0.3, 0.4) is 0 Å². The number of benzene rings is 1. The third-order valence-corrected chi connectivity index (χ3v) is 1.40. The minimum absolute atomic E-state index is 0.501. The summed E-state index contributed by atoms with van der Waals surface area (Å²) in [5, 5.41) is 10.6. The molecule has 0 unspecified atom stereocenters. The fraction of sp³-hybridized carbons (Fsp3) is 0. The standard InChI is InChI=1S/C6H3N5O/c7-11-8-4-1-2-5-6(3-4)10-12-9-5/h1-3H. The summed E-state index contributed by atoms with van der Waals surface area (Å²) in [6.45, 7) is 0. The van der Waals surface area contributed by atoms with Crippen LogP contribution in [0, 0.1) is 0 Å². The Bertz CT molecular complexity index is 456. The van der Waals surface area contributed by atoms with Crippen LogP contribution in [-0.4, -0.2) is 10.3 Å². The molecule has 6 nitrogen and oxygen atoms in total. The predicted molar refractivity (Wildman–Crippen MR) is 40.6 cm³/mol. The molecule has 0 spiro atoms. The van der Waals surface area contributed by atoms with Gasteiger partial charge in [0.05, 0.1) is 0 Å². The van der Waals surface area contributed by atoms with Crippen LogP contribution in [0.2, 0.25) is 0 Å². The molecule has 0 fully saturated rings. The Balaban J connectivity index is 2.67. The Morgan fingerprint density at radius 3 is 3.00 bits per heavy atom. The second-order valence-electron chi connectivity index (χ2n) is 2.13. The van der Waals surface area contributed by atoms with E-state index in [1.807, 2.05) is 0 Å². The fourth-order valence-corrected chi connectivity index (χ4v) is 0.884. The first-order chi connectivity index (χ1) is 5.90. The third kappa shape index (κ3) is 0.959. The largest absolute Gasteiger partial charge is 0.243 e. The monoisotopic (exact) mass is 161 g/mol. The first-order valence-electron chi connectivity index (χ1n) is 3.17. The van der Waals surface area contributed by atoms with Crippen molar-refractivity contribution in [2.45, 2.75) is 0 Å². The van der Waals surface area contributed by atoms with Crippen molar-refractivity contribution in [1.29, 1.82) is 0 Å². The van der Waals surface area contributed by atoms with Gasteiger partial charge >= 0.3 is 0 Å². The van der Waals surface area contributed by atoms with Crippen LogP contribution in [0.1, 0.15) is 0 Å². The normalized spacial score (nSPS) is 9.67. The van der Waals surface area contributed by atoms with Crippen molar-refractivity contribution in [2.75, 3.05) is 0 Å². The summed E-state index contributed by atoms with van der Waals surface area (Å²) < 4.78 is 4.46. The molecule has 0 N–H and O–H groups in total. The minimum Gasteiger partial charge on any atom is -0.243 e. The molecule has 12 heavy (non-hydrogen) atoms. The Morgan fingerprint density at radius 2 is 2.17 bits per heavy atom. The van der Waals surface area contributed by atoms with E-state index in [-0.39, 0.29) is 0 Å². The van der Waals surface area contributed by atoms with E-state index in [4.69, 9.17) is 5.53 Å². The van der Waals surface area contributed by atoms with Crippen LogP contribution < -0.4 is 0 Å². The first-order valence-corrected chi connectivity index (χ1v) is 3.17. The minimum atomic E-state index is 0.501. The van der Waals surface area contributed by atoms with Crippen molar-refractivity contribution in [1.82, 2.24) is 10.3 Å². The Morgan fingerprint density at radius 1 is 1.33 bits per heavy atom. The smallest absolute Gasteiger partial charge is 0.135 e. The van der Waals surface area contributed by atoms with Gasteiger partial charge in [0.15, 0.2) is 0 Å². The summed E-state index contributed by atoms with van der Waals surface area (Å²) in [6.07, 6.45) is 0. The number of aromatic nitrogens is 2. The number of rotatable bonds is 1. The topological polar surface area (TPSA) is 87.7 Å². The summed E-state index contributed by atoms with van der Waals surface area (Å²) in [6, 6.07) is 4.92. The van der Waals surface area contributed by atoms with E-state index < -0.39 is 0 Å². The number of fused-ring (bicyclic) bond motifs is 1. The average molecular weight is 161 g/mol. The molecule has 1 aromatic carbocycles. The maximum Gasteiger partial charge on any atom is 0.135 e. The molecule has 0 saturated heterocycles. The van der Waals surface area contributed by atoms with Gasteiger partial charge in [0.1, 0.15) is 11.0 Å². The molecule has 6 heteroatoms. The van der Waals surface area contributed by atoms with Crippen LogP contribution in [0.5, 0.6) is 0 Å². The molecule has 58 valence electrons. The molecule has 1 heterocycles. The molecule has 2 rings (SSSR count). The summed E-state index contributed by atoms with van der Waals surface area (Å²) in [7, 11) is 0. The molecule has 1 aromatic heterocycles. The van der Waals surface area contributed by atoms with Crippen LogP contribution in [0.15, 0.2) is 27.9 Å². The van der Waals surface area contributed by atoms with Crippen molar-refractivity contribution in [2.24, 2.45) is 5.11 Å². The maximum absolute atomic E-state index is 8.14. The Hall–Kier alpha value is -2.07. The quantitative estimate of drug-likeness (QED) is 0.364. The lowest BCUT2D eigenvalue weighted by Crippen LogP contribution is -1.67. The molecule has 0 aliphatic heterocycles. The second kappa shape index (κ2) is 2.52. The van der Waals surface area contributed by atoms with Crippen molar-refractivity contribution in [3.63, 3.8) is 0 Å². The van der Waals surface area contributed by atoms with Crippen molar-refractivity contribution in [3.8, 4) is 0 Å². The zero-order valence-corrected chi connectivity index (χ0v) is 5.88. The van der Waals surface area contributed by atoms with Gasteiger partial charge in [0.2, 0.25) is 0 Å². The highest BCUT2D eigenvalue weighted by atomic mass is 16.6. The highest BCUT2D eigenvalue weighted by Gasteiger charge is 1.98. The number of hydrogen-bond donors (Lipinski definition) is 0. The molecule has 2 aromatic rings. The average Bonchev–Trinajstić information content (AvgIpc) is 2.51. The molecular formula is C6H3N5O. The molecule has 0 aliphatic rings. The van der Waals surface area contributed by atoms with Crippen LogP contribution >= 0.6 is 0 Å². The zero-order chi connectivity index (χ0) is 8.39. The van der Waals surface area contributed by atoms with E-state index in [2.05, 4.69) is 25.0 Å². The second-order valence-corrected chi connectivity index (χ2v) is 2.13. The molecular weight excluding hydrogens is 158 g/mol. The van der Waals surface area contributed by atoms with Gasteiger partial charge in [-0.1, -0.05) is 11.2 Å². The Labute approximate surface area is 66.4 Å². The number of nitrogens with zero attached hydrogens (tertiary/aromatic N) is 5. The highest BCUT2D eigenvalue weighted by Crippen LogP contribution is 2.17. The maximum atomic E-state index is 8.14. The lowest BCUT2D eigenvalue weighted by atomic mass is 10.3. The van der Waals surface area contributed by atoms with Gasteiger partial charge in [-0.15, -0.1) is 0 Å². The fourth-order valence-electron chi connectivity index (χ4n) is 0.884. The Kier molecular flexibility index (Phi) is 1.39. The van der Waals surface area contributed by atoms with Gasteiger partial charge in [-0.3, -0.25) is 0 Å². The van der Waals surface area contributed by atoms with E-state index in [1.165, 1.54) is 0 Å². The van der Waals surface area contributed by atoms with E-state index in [9.17, 15) is 0 Å². The summed E-state index contributed by atoms with van der Waals surface area (Å²) in [4.78, 5) is 2.64. The van der Waals surface area contributed by atoms with E-state index in [0.717, 1.165) is 0 Å². The van der Waals surface area contributed by atoms with Gasteiger partial charge in [0.25, 0.3) is 0 Å². The first kappa shape index (κ1) is 6.63. The van der Waals surface area contributed by atoms with Gasteiger partial charge in [-0.2, -0.15) is 0 Å². The number of hydrogen-bond acceptors (Lipinski definition) is 4. The van der Waals surface area contributed by atoms with Gasteiger partial charge in [-0.25, -0.2) is 4.63 Å². The lowest BCUT2D eigenvalue weighted by molar-refractivity contribution is 0.315. The van der Waals surface area contributed by atoms with E-state index >= 15 is 0 Å². The van der Waals surface area contributed by atoms with Crippen molar-refractivity contribution in [3.05, 3.63) is 28.6 Å². The van der Waals surface area contributed by atoms with Gasteiger partial charge < -0.3 is 0 Å². The van der Waals surface area contributed by atoms with Gasteiger partial charge in [-0.05, 0) is 28.0 Å². The SMILES string of the molecule is [N-]=[N+]=Nc1ccc2nonc2c1.